The molecule has 3 nitrogen and oxygen atoms in total. The number of benzene rings is 1. The molecule has 0 aliphatic carbocycles. The lowest BCUT2D eigenvalue weighted by Crippen LogP contribution is -1.88. The molecule has 0 saturated carbocycles. The molecule has 0 aliphatic rings. The van der Waals surface area contributed by atoms with Crippen molar-refractivity contribution in [3.8, 4) is 17.0 Å². The second kappa shape index (κ2) is 5.32. The highest BCUT2D eigenvalue weighted by Crippen LogP contribution is 2.30. The summed E-state index contributed by atoms with van der Waals surface area (Å²) >= 11 is 1.43. The number of hydrogen-bond donors (Lipinski definition) is 1. The van der Waals surface area contributed by atoms with Crippen molar-refractivity contribution in [2.75, 3.05) is 12.8 Å². The summed E-state index contributed by atoms with van der Waals surface area (Å²) < 4.78 is 5.23. The maximum atomic E-state index is 5.57. The smallest absolute Gasteiger partial charge is 0.180 e. The number of thiazole rings is 1. The molecule has 80 valence electrons. The van der Waals surface area contributed by atoms with Gasteiger partial charge in [-0.3, -0.25) is 0 Å². The highest BCUT2D eigenvalue weighted by atomic mass is 127. The van der Waals surface area contributed by atoms with Gasteiger partial charge in [0.1, 0.15) is 5.75 Å². The quantitative estimate of drug-likeness (QED) is 0.859. The van der Waals surface area contributed by atoms with E-state index in [1.807, 2.05) is 29.6 Å². The van der Waals surface area contributed by atoms with Crippen molar-refractivity contribution in [1.82, 2.24) is 4.98 Å². The molecule has 1 heterocycles. The lowest BCUT2D eigenvalue weighted by molar-refractivity contribution is 0.416. The highest BCUT2D eigenvalue weighted by molar-refractivity contribution is 14.0. The van der Waals surface area contributed by atoms with Crippen LogP contribution in [0.2, 0.25) is 0 Å². The first-order chi connectivity index (χ1) is 6.81. The molecule has 1 aromatic heterocycles. The molecule has 0 saturated heterocycles. The Balaban J connectivity index is 0.00000112. The van der Waals surface area contributed by atoms with Crippen molar-refractivity contribution < 1.29 is 4.74 Å². The average molecular weight is 334 g/mol. The van der Waals surface area contributed by atoms with Crippen LogP contribution in [0.15, 0.2) is 29.6 Å². The number of hydrogen-bond acceptors (Lipinski definition) is 4. The van der Waals surface area contributed by atoms with Crippen molar-refractivity contribution >= 4 is 40.4 Å². The molecule has 2 aromatic rings. The van der Waals surface area contributed by atoms with Crippen LogP contribution >= 0.6 is 35.3 Å². The Morgan fingerprint density at radius 1 is 1.33 bits per heavy atom. The summed E-state index contributed by atoms with van der Waals surface area (Å²) in [5.74, 6) is 0.817. The van der Waals surface area contributed by atoms with E-state index in [0.717, 1.165) is 17.0 Å². The molecule has 0 radical (unpaired) electrons. The number of ether oxygens (including phenoxy) is 1. The number of nitrogens with two attached hydrogens (primary N) is 1. The van der Waals surface area contributed by atoms with E-state index in [1.54, 1.807) is 7.11 Å². The Morgan fingerprint density at radius 2 is 2.07 bits per heavy atom. The van der Waals surface area contributed by atoms with Gasteiger partial charge in [0, 0.05) is 10.9 Å². The largest absolute Gasteiger partial charge is 0.496 e. The Kier molecular flexibility index (Phi) is 4.34. The van der Waals surface area contributed by atoms with Crippen LogP contribution in [0.1, 0.15) is 0 Å². The van der Waals surface area contributed by atoms with E-state index in [1.165, 1.54) is 11.3 Å². The first-order valence-electron chi connectivity index (χ1n) is 4.15. The molecule has 0 spiro atoms. The fourth-order valence-corrected chi connectivity index (χ4v) is 1.83. The maximum absolute atomic E-state index is 5.57. The third-order valence-corrected chi connectivity index (χ3v) is 2.58. The van der Waals surface area contributed by atoms with Crippen LogP contribution in [0.5, 0.6) is 5.75 Å². The predicted octanol–water partition coefficient (Wildman–Crippen LogP) is 3.02. The zero-order chi connectivity index (χ0) is 9.97. The molecule has 15 heavy (non-hydrogen) atoms. The molecule has 2 N–H and O–H groups in total. The first-order valence-corrected chi connectivity index (χ1v) is 5.03. The number of halogens is 1. The summed E-state index contributed by atoms with van der Waals surface area (Å²) in [5.41, 5.74) is 7.41. The maximum Gasteiger partial charge on any atom is 0.180 e. The van der Waals surface area contributed by atoms with Gasteiger partial charge in [-0.2, -0.15) is 0 Å². The minimum Gasteiger partial charge on any atom is -0.496 e. The van der Waals surface area contributed by atoms with E-state index < -0.39 is 0 Å². The molecule has 0 amide bonds. The molecule has 0 atom stereocenters. The average Bonchev–Trinajstić information content (AvgIpc) is 2.65. The van der Waals surface area contributed by atoms with Crippen LogP contribution in [-0.2, 0) is 0 Å². The molecule has 5 heteroatoms. The molecular formula is C10H11IN2OS. The van der Waals surface area contributed by atoms with Crippen LogP contribution in [0.25, 0.3) is 11.3 Å². The van der Waals surface area contributed by atoms with E-state index in [0.29, 0.717) is 5.13 Å². The number of para-hydroxylation sites is 1. The van der Waals surface area contributed by atoms with Gasteiger partial charge >= 0.3 is 0 Å². The normalized spacial score (nSPS) is 9.40. The Bertz CT molecular complexity index is 444. The van der Waals surface area contributed by atoms with Crippen molar-refractivity contribution in [3.05, 3.63) is 29.6 Å². The van der Waals surface area contributed by atoms with Gasteiger partial charge in [0.2, 0.25) is 0 Å². The second-order valence-electron chi connectivity index (χ2n) is 2.77. The van der Waals surface area contributed by atoms with Gasteiger partial charge in [0.25, 0.3) is 0 Å². The van der Waals surface area contributed by atoms with Crippen LogP contribution in [0.4, 0.5) is 5.13 Å². The minimum atomic E-state index is 0. The fraction of sp³-hybridized carbons (Fsp3) is 0.100. The van der Waals surface area contributed by atoms with Gasteiger partial charge in [-0.05, 0) is 12.1 Å². The van der Waals surface area contributed by atoms with Gasteiger partial charge in [-0.1, -0.05) is 12.1 Å². The van der Waals surface area contributed by atoms with E-state index in [-0.39, 0.29) is 24.0 Å². The second-order valence-corrected chi connectivity index (χ2v) is 3.66. The Labute approximate surface area is 109 Å². The van der Waals surface area contributed by atoms with E-state index >= 15 is 0 Å². The highest BCUT2D eigenvalue weighted by Gasteiger charge is 2.07. The molecule has 0 fully saturated rings. The molecule has 0 aliphatic heterocycles. The number of aromatic nitrogens is 1. The number of rotatable bonds is 2. The Morgan fingerprint density at radius 3 is 2.67 bits per heavy atom. The molecule has 2 rings (SSSR count). The minimum absolute atomic E-state index is 0. The third-order valence-electron chi connectivity index (χ3n) is 1.90. The van der Waals surface area contributed by atoms with E-state index in [9.17, 15) is 0 Å². The van der Waals surface area contributed by atoms with Crippen LogP contribution < -0.4 is 10.5 Å². The van der Waals surface area contributed by atoms with Crippen molar-refractivity contribution in [1.29, 1.82) is 0 Å². The van der Waals surface area contributed by atoms with Gasteiger partial charge in [-0.25, -0.2) is 4.98 Å². The lowest BCUT2D eigenvalue weighted by atomic mass is 10.1. The number of nitrogen functional groups attached to an aromatic ring is 1. The zero-order valence-corrected chi connectivity index (χ0v) is 11.3. The summed E-state index contributed by atoms with van der Waals surface area (Å²) in [6.07, 6.45) is 0. The molecule has 0 bridgehead atoms. The summed E-state index contributed by atoms with van der Waals surface area (Å²) in [4.78, 5) is 4.21. The number of anilines is 1. The molecular weight excluding hydrogens is 323 g/mol. The van der Waals surface area contributed by atoms with Crippen molar-refractivity contribution in [3.63, 3.8) is 0 Å². The van der Waals surface area contributed by atoms with Gasteiger partial charge in [-0.15, -0.1) is 35.3 Å². The summed E-state index contributed by atoms with van der Waals surface area (Å²) in [6.45, 7) is 0. The SMILES string of the molecule is COc1ccccc1-c1csc(N)n1.I. The number of methoxy groups -OCH3 is 1. The first kappa shape index (κ1) is 12.3. The van der Waals surface area contributed by atoms with Crippen LogP contribution in [-0.4, -0.2) is 12.1 Å². The summed E-state index contributed by atoms with van der Waals surface area (Å²) in [7, 11) is 1.65. The third kappa shape index (κ3) is 2.60. The summed E-state index contributed by atoms with van der Waals surface area (Å²) in [6, 6.07) is 7.75. The van der Waals surface area contributed by atoms with E-state index in [2.05, 4.69) is 4.98 Å². The van der Waals surface area contributed by atoms with Crippen molar-refractivity contribution in [2.45, 2.75) is 0 Å². The lowest BCUT2D eigenvalue weighted by Gasteiger charge is -2.04. The fourth-order valence-electron chi connectivity index (χ4n) is 1.27. The monoisotopic (exact) mass is 334 g/mol. The Hall–Kier alpha value is -0.820. The van der Waals surface area contributed by atoms with E-state index in [4.69, 9.17) is 10.5 Å². The molecule has 0 unspecified atom stereocenters. The van der Waals surface area contributed by atoms with Gasteiger partial charge < -0.3 is 10.5 Å². The zero-order valence-electron chi connectivity index (χ0n) is 8.14. The van der Waals surface area contributed by atoms with Crippen LogP contribution in [0, 0.1) is 0 Å². The van der Waals surface area contributed by atoms with Crippen LogP contribution in [0.3, 0.4) is 0 Å². The van der Waals surface area contributed by atoms with Gasteiger partial charge in [0.15, 0.2) is 5.13 Å². The van der Waals surface area contributed by atoms with Gasteiger partial charge in [0.05, 0.1) is 12.8 Å². The summed E-state index contributed by atoms with van der Waals surface area (Å²) in [5, 5.41) is 2.50. The molecule has 1 aromatic carbocycles. The topological polar surface area (TPSA) is 48.1 Å². The number of nitrogens with zero attached hydrogens (tertiary/aromatic N) is 1. The predicted molar refractivity (Wildman–Crippen MR) is 73.9 cm³/mol. The van der Waals surface area contributed by atoms with Crippen molar-refractivity contribution in [2.24, 2.45) is 0 Å². The standard InChI is InChI=1S/C10H10N2OS.HI/c1-13-9-5-3-2-4-7(9)8-6-14-10(11)12-8;/h2-6H,1H3,(H2,11,12);1H.